The van der Waals surface area contributed by atoms with Crippen molar-refractivity contribution >= 4 is 33.6 Å². The van der Waals surface area contributed by atoms with Crippen molar-refractivity contribution in [3.8, 4) is 5.75 Å². The van der Waals surface area contributed by atoms with E-state index >= 15 is 0 Å². The number of nitrogens with one attached hydrogen (secondary N) is 1. The average molecular weight is 514 g/mol. The number of alkyl halides is 3. The van der Waals surface area contributed by atoms with E-state index in [4.69, 9.17) is 4.74 Å². The monoisotopic (exact) mass is 513 g/mol. The van der Waals surface area contributed by atoms with Crippen molar-refractivity contribution in [2.75, 3.05) is 26.7 Å². The molecular formula is C26H26F3N5O3. The van der Waals surface area contributed by atoms with E-state index in [0.717, 1.165) is 16.7 Å². The molecule has 1 saturated heterocycles. The average Bonchev–Trinajstić information content (AvgIpc) is 3.40. The minimum atomic E-state index is -4.47. The molecule has 0 aliphatic carbocycles. The summed E-state index contributed by atoms with van der Waals surface area (Å²) in [5.41, 5.74) is 2.94. The molecule has 0 bridgehead atoms. The van der Waals surface area contributed by atoms with Crippen LogP contribution in [0.1, 0.15) is 26.4 Å². The first kappa shape index (κ1) is 24.7. The van der Waals surface area contributed by atoms with Crippen LogP contribution < -0.4 is 10.1 Å². The summed E-state index contributed by atoms with van der Waals surface area (Å²) in [5.74, 6) is 0.129. The van der Waals surface area contributed by atoms with E-state index in [1.54, 1.807) is 35.9 Å². The predicted molar refractivity (Wildman–Crippen MR) is 132 cm³/mol. The van der Waals surface area contributed by atoms with Gasteiger partial charge < -0.3 is 19.5 Å². The number of aryl methyl sites for hydroxylation is 2. The molecule has 0 unspecified atom stereocenters. The fourth-order valence-corrected chi connectivity index (χ4v) is 4.82. The van der Waals surface area contributed by atoms with E-state index in [1.165, 1.54) is 6.07 Å². The van der Waals surface area contributed by atoms with E-state index in [1.807, 2.05) is 41.2 Å². The van der Waals surface area contributed by atoms with Crippen molar-refractivity contribution in [2.24, 2.45) is 13.0 Å². The molecule has 2 aromatic heterocycles. The quantitative estimate of drug-likeness (QED) is 0.424. The van der Waals surface area contributed by atoms with Crippen molar-refractivity contribution in [3.05, 3.63) is 59.4 Å². The lowest BCUT2D eigenvalue weighted by Crippen LogP contribution is -2.51. The lowest BCUT2D eigenvalue weighted by atomic mass is 9.99. The molecule has 11 heteroatoms. The van der Waals surface area contributed by atoms with Gasteiger partial charge >= 0.3 is 6.18 Å². The summed E-state index contributed by atoms with van der Waals surface area (Å²) >= 11 is 0. The van der Waals surface area contributed by atoms with E-state index in [0.29, 0.717) is 41.8 Å². The second kappa shape index (κ2) is 9.13. The van der Waals surface area contributed by atoms with Crippen LogP contribution in [0.15, 0.2) is 42.6 Å². The number of hydrogen-bond donors (Lipinski definition) is 1. The number of hydrogen-bond acceptors (Lipinski definition) is 4. The molecule has 2 aromatic carbocycles. The smallest absolute Gasteiger partial charge is 0.405 e. The molecule has 0 saturated carbocycles. The largest absolute Gasteiger partial charge is 0.497 e. The number of benzene rings is 2. The van der Waals surface area contributed by atoms with Crippen LogP contribution in [0.3, 0.4) is 0 Å². The number of methoxy groups -OCH3 is 1. The van der Waals surface area contributed by atoms with Gasteiger partial charge in [-0.1, -0.05) is 0 Å². The lowest BCUT2D eigenvalue weighted by molar-refractivity contribution is -0.123. The molecule has 3 heterocycles. The van der Waals surface area contributed by atoms with Gasteiger partial charge in [0.1, 0.15) is 18.0 Å². The minimum Gasteiger partial charge on any atom is -0.497 e. The van der Waals surface area contributed by atoms with Crippen LogP contribution in [0.5, 0.6) is 5.75 Å². The number of carbonyl (C=O) groups is 2. The van der Waals surface area contributed by atoms with Crippen LogP contribution in [0.25, 0.3) is 21.8 Å². The molecule has 1 N–H and O–H groups in total. The van der Waals surface area contributed by atoms with Crippen molar-refractivity contribution in [1.29, 1.82) is 0 Å². The zero-order valence-corrected chi connectivity index (χ0v) is 20.6. The highest BCUT2D eigenvalue weighted by Gasteiger charge is 2.33. The minimum absolute atomic E-state index is 0.0371. The third-order valence-electron chi connectivity index (χ3n) is 6.86. The molecule has 0 radical (unpaired) electrons. The maximum atomic E-state index is 13.1. The molecule has 5 rings (SSSR count). The number of nitrogens with zero attached hydrogens (tertiary/aromatic N) is 4. The van der Waals surface area contributed by atoms with Gasteiger partial charge in [-0.3, -0.25) is 14.3 Å². The Morgan fingerprint density at radius 1 is 1.16 bits per heavy atom. The summed E-state index contributed by atoms with van der Waals surface area (Å²) in [6.07, 6.45) is -2.68. The van der Waals surface area contributed by atoms with Crippen molar-refractivity contribution in [2.45, 2.75) is 19.6 Å². The number of ether oxygens (including phenoxy) is 1. The Kier molecular flexibility index (Phi) is 6.09. The highest BCUT2D eigenvalue weighted by Crippen LogP contribution is 2.28. The first-order chi connectivity index (χ1) is 17.5. The second-order valence-corrected chi connectivity index (χ2v) is 9.41. The van der Waals surface area contributed by atoms with Gasteiger partial charge in [0, 0.05) is 61.2 Å². The van der Waals surface area contributed by atoms with Gasteiger partial charge in [0.15, 0.2) is 0 Å². The Balaban J connectivity index is 1.24. The third kappa shape index (κ3) is 4.73. The van der Waals surface area contributed by atoms with Crippen LogP contribution in [-0.2, 0) is 13.6 Å². The molecular weight excluding hydrogens is 487 g/mol. The van der Waals surface area contributed by atoms with Gasteiger partial charge in [-0.05, 0) is 42.8 Å². The first-order valence-electron chi connectivity index (χ1n) is 11.8. The molecule has 0 spiro atoms. The Morgan fingerprint density at radius 2 is 1.92 bits per heavy atom. The number of fused-ring (bicyclic) bond motifs is 2. The van der Waals surface area contributed by atoms with Crippen LogP contribution in [0, 0.1) is 12.8 Å². The van der Waals surface area contributed by atoms with E-state index in [9.17, 15) is 22.8 Å². The molecule has 1 fully saturated rings. The number of amides is 2. The number of aromatic nitrogens is 3. The molecule has 1 aliphatic rings. The Labute approximate surface area is 210 Å². The maximum Gasteiger partial charge on any atom is 0.405 e. The summed E-state index contributed by atoms with van der Waals surface area (Å²) in [7, 11) is 3.47. The standard InChI is InChI=1S/C26H26F3N5O3/c1-15-19(24(35)30-14-26(27,28)29)6-7-21-20(15)13-34(31-21)12-16-10-33(11-16)25(36)23-8-17-4-5-18(37-3)9-22(17)32(23)2/h4-9,13,16H,10-12,14H2,1-3H3,(H,30,35). The Bertz CT molecular complexity index is 1520. The maximum absolute atomic E-state index is 13.1. The third-order valence-corrected chi connectivity index (χ3v) is 6.86. The van der Waals surface area contributed by atoms with Crippen LogP contribution in [-0.4, -0.2) is 64.0 Å². The highest BCUT2D eigenvalue weighted by molar-refractivity contribution is 6.01. The van der Waals surface area contributed by atoms with Gasteiger partial charge in [-0.25, -0.2) is 0 Å². The summed E-state index contributed by atoms with van der Waals surface area (Å²) in [4.78, 5) is 27.2. The summed E-state index contributed by atoms with van der Waals surface area (Å²) in [6, 6.07) is 10.7. The second-order valence-electron chi connectivity index (χ2n) is 9.41. The molecule has 2 amide bonds. The normalized spacial score (nSPS) is 14.3. The summed E-state index contributed by atoms with van der Waals surface area (Å²) < 4.78 is 46.3. The lowest BCUT2D eigenvalue weighted by Gasteiger charge is -2.39. The topological polar surface area (TPSA) is 81.4 Å². The number of carbonyl (C=O) groups excluding carboxylic acids is 2. The zero-order chi connectivity index (χ0) is 26.5. The molecule has 0 atom stereocenters. The predicted octanol–water partition coefficient (Wildman–Crippen LogP) is 3.91. The fraction of sp³-hybridized carbons (Fsp3) is 0.346. The summed E-state index contributed by atoms with van der Waals surface area (Å²) in [5, 5.41) is 8.14. The number of halogens is 3. The van der Waals surface area contributed by atoms with Gasteiger partial charge in [-0.2, -0.15) is 18.3 Å². The SMILES string of the molecule is COc1ccc2cc(C(=O)N3CC(Cn4cc5c(C)c(C(=O)NCC(F)(F)F)ccc5n4)C3)n(C)c2c1. The van der Waals surface area contributed by atoms with Crippen molar-refractivity contribution < 1.29 is 27.5 Å². The van der Waals surface area contributed by atoms with Crippen molar-refractivity contribution in [3.63, 3.8) is 0 Å². The Morgan fingerprint density at radius 3 is 2.62 bits per heavy atom. The van der Waals surface area contributed by atoms with E-state index in [2.05, 4.69) is 5.10 Å². The highest BCUT2D eigenvalue weighted by atomic mass is 19.4. The first-order valence-corrected chi connectivity index (χ1v) is 11.8. The zero-order valence-electron chi connectivity index (χ0n) is 20.6. The molecule has 194 valence electrons. The summed E-state index contributed by atoms with van der Waals surface area (Å²) in [6.45, 7) is 2.07. The van der Waals surface area contributed by atoms with Gasteiger partial charge in [0.05, 0.1) is 18.1 Å². The van der Waals surface area contributed by atoms with Gasteiger partial charge in [-0.15, -0.1) is 0 Å². The van der Waals surface area contributed by atoms with Crippen molar-refractivity contribution in [1.82, 2.24) is 24.6 Å². The van der Waals surface area contributed by atoms with Crippen LogP contribution in [0.4, 0.5) is 13.2 Å². The van der Waals surface area contributed by atoms with Gasteiger partial charge in [0.25, 0.3) is 11.8 Å². The van der Waals surface area contributed by atoms with E-state index in [-0.39, 0.29) is 17.4 Å². The molecule has 4 aromatic rings. The van der Waals surface area contributed by atoms with E-state index < -0.39 is 18.6 Å². The molecule has 1 aliphatic heterocycles. The van der Waals surface area contributed by atoms with Gasteiger partial charge in [0.2, 0.25) is 0 Å². The molecule has 8 nitrogen and oxygen atoms in total. The van der Waals surface area contributed by atoms with Crippen LogP contribution in [0.2, 0.25) is 0 Å². The fourth-order valence-electron chi connectivity index (χ4n) is 4.82. The number of rotatable bonds is 6. The Hall–Kier alpha value is -4.02. The number of likely N-dealkylation sites (tertiary alicyclic amines) is 1. The van der Waals surface area contributed by atoms with Crippen LogP contribution >= 0.6 is 0 Å². The molecule has 37 heavy (non-hydrogen) atoms.